The normalized spacial score (nSPS) is 10.3. The summed E-state index contributed by atoms with van der Waals surface area (Å²) in [6.07, 6.45) is 1.74. The number of rotatable bonds is 2. The molecule has 1 aromatic carbocycles. The predicted molar refractivity (Wildman–Crippen MR) is 69.4 cm³/mol. The highest BCUT2D eigenvalue weighted by Gasteiger charge is 2.04. The van der Waals surface area contributed by atoms with Crippen molar-refractivity contribution in [3.63, 3.8) is 0 Å². The summed E-state index contributed by atoms with van der Waals surface area (Å²) in [5, 5.41) is 0. The van der Waals surface area contributed by atoms with E-state index >= 15 is 0 Å². The molecule has 2 N–H and O–H groups in total. The van der Waals surface area contributed by atoms with Gasteiger partial charge in [0.1, 0.15) is 5.75 Å². The Morgan fingerprint density at radius 2 is 1.82 bits per heavy atom. The number of hydrogen-bond acceptors (Lipinski definition) is 3. The number of hydrogen-bond donors (Lipinski definition) is 1. The highest BCUT2D eigenvalue weighted by atomic mass is 16.5. The van der Waals surface area contributed by atoms with Crippen molar-refractivity contribution in [1.82, 2.24) is 4.98 Å². The zero-order valence-electron chi connectivity index (χ0n) is 10.3. The zero-order chi connectivity index (χ0) is 12.4. The number of nitrogens with zero attached hydrogens (tertiary/aromatic N) is 1. The molecule has 0 aliphatic heterocycles. The van der Waals surface area contributed by atoms with Gasteiger partial charge in [0, 0.05) is 6.20 Å². The van der Waals surface area contributed by atoms with Gasteiger partial charge in [0.15, 0.2) is 0 Å². The first-order valence-corrected chi connectivity index (χ1v) is 5.53. The fraction of sp³-hybridized carbons (Fsp3) is 0.214. The number of ether oxygens (including phenoxy) is 1. The van der Waals surface area contributed by atoms with Crippen molar-refractivity contribution in [1.29, 1.82) is 0 Å². The molecule has 3 heteroatoms. The Morgan fingerprint density at radius 1 is 1.06 bits per heavy atom. The van der Waals surface area contributed by atoms with Gasteiger partial charge in [-0.15, -0.1) is 0 Å². The first-order valence-electron chi connectivity index (χ1n) is 5.53. The van der Waals surface area contributed by atoms with Crippen LogP contribution < -0.4 is 10.5 Å². The minimum atomic E-state index is 0.457. The minimum absolute atomic E-state index is 0.457. The van der Waals surface area contributed by atoms with Crippen molar-refractivity contribution in [3.05, 3.63) is 47.2 Å². The van der Waals surface area contributed by atoms with E-state index in [1.165, 1.54) is 11.1 Å². The van der Waals surface area contributed by atoms with Gasteiger partial charge in [0.05, 0.1) is 5.69 Å². The van der Waals surface area contributed by atoms with Crippen LogP contribution in [0.1, 0.15) is 16.7 Å². The maximum absolute atomic E-state index is 5.85. The van der Waals surface area contributed by atoms with Crippen LogP contribution in [0.5, 0.6) is 11.6 Å². The second-order valence-electron chi connectivity index (χ2n) is 4.26. The van der Waals surface area contributed by atoms with Crippen LogP contribution in [-0.4, -0.2) is 4.98 Å². The van der Waals surface area contributed by atoms with Gasteiger partial charge in [0.25, 0.3) is 0 Å². The van der Waals surface area contributed by atoms with E-state index in [2.05, 4.69) is 11.9 Å². The molecule has 3 nitrogen and oxygen atoms in total. The monoisotopic (exact) mass is 228 g/mol. The molecular formula is C14H16N2O. The highest BCUT2D eigenvalue weighted by molar-refractivity contribution is 5.51. The standard InChI is InChI=1S/C14H16N2O/c1-9-6-13(15)14(16-8-9)17-12-5-4-10(2)11(3)7-12/h4-8H,15H2,1-3H3. The van der Waals surface area contributed by atoms with Gasteiger partial charge in [-0.25, -0.2) is 4.98 Å². The quantitative estimate of drug-likeness (QED) is 0.857. The van der Waals surface area contributed by atoms with Gasteiger partial charge in [-0.2, -0.15) is 0 Å². The Morgan fingerprint density at radius 3 is 2.47 bits per heavy atom. The summed E-state index contributed by atoms with van der Waals surface area (Å²) >= 11 is 0. The van der Waals surface area contributed by atoms with E-state index < -0.39 is 0 Å². The Labute approximate surface area is 101 Å². The van der Waals surface area contributed by atoms with Crippen LogP contribution in [0.15, 0.2) is 30.5 Å². The number of benzene rings is 1. The predicted octanol–water partition coefficient (Wildman–Crippen LogP) is 3.38. The van der Waals surface area contributed by atoms with Crippen LogP contribution in [0.4, 0.5) is 5.69 Å². The molecule has 0 amide bonds. The maximum atomic E-state index is 5.85. The minimum Gasteiger partial charge on any atom is -0.437 e. The van der Waals surface area contributed by atoms with Crippen molar-refractivity contribution < 1.29 is 4.74 Å². The number of nitrogens with two attached hydrogens (primary N) is 1. The Bertz CT molecular complexity index is 550. The smallest absolute Gasteiger partial charge is 0.242 e. The molecule has 88 valence electrons. The molecule has 17 heavy (non-hydrogen) atoms. The molecule has 2 rings (SSSR count). The molecule has 0 fully saturated rings. The van der Waals surface area contributed by atoms with Crippen LogP contribution in [0.2, 0.25) is 0 Å². The van der Waals surface area contributed by atoms with E-state index in [1.807, 2.05) is 38.1 Å². The topological polar surface area (TPSA) is 48.1 Å². The van der Waals surface area contributed by atoms with Gasteiger partial charge < -0.3 is 10.5 Å². The summed E-state index contributed by atoms with van der Waals surface area (Å²) in [6.45, 7) is 6.06. The van der Waals surface area contributed by atoms with Crippen molar-refractivity contribution >= 4 is 5.69 Å². The van der Waals surface area contributed by atoms with Crippen LogP contribution in [-0.2, 0) is 0 Å². The van der Waals surface area contributed by atoms with Gasteiger partial charge in [0.2, 0.25) is 5.88 Å². The maximum Gasteiger partial charge on any atom is 0.242 e. The Balaban J connectivity index is 2.28. The van der Waals surface area contributed by atoms with Gasteiger partial charge in [-0.1, -0.05) is 6.07 Å². The molecule has 0 bridgehead atoms. The molecule has 1 aromatic heterocycles. The lowest BCUT2D eigenvalue weighted by Crippen LogP contribution is -1.96. The molecule has 0 spiro atoms. The molecule has 0 atom stereocenters. The molecule has 0 saturated heterocycles. The number of pyridine rings is 1. The second-order valence-corrected chi connectivity index (χ2v) is 4.26. The van der Waals surface area contributed by atoms with Gasteiger partial charge >= 0.3 is 0 Å². The number of aryl methyl sites for hydroxylation is 3. The molecule has 1 heterocycles. The molecule has 0 aliphatic rings. The third-order valence-electron chi connectivity index (χ3n) is 2.71. The van der Waals surface area contributed by atoms with E-state index in [1.54, 1.807) is 6.20 Å². The largest absolute Gasteiger partial charge is 0.437 e. The molecule has 0 unspecified atom stereocenters. The summed E-state index contributed by atoms with van der Waals surface area (Å²) in [5.41, 5.74) is 9.86. The number of aromatic nitrogens is 1. The Hall–Kier alpha value is -2.03. The highest BCUT2D eigenvalue weighted by Crippen LogP contribution is 2.26. The summed E-state index contributed by atoms with van der Waals surface area (Å²) in [7, 11) is 0. The third-order valence-corrected chi connectivity index (χ3v) is 2.71. The summed E-state index contributed by atoms with van der Waals surface area (Å²) in [4.78, 5) is 4.18. The van der Waals surface area contributed by atoms with Crippen molar-refractivity contribution in [2.45, 2.75) is 20.8 Å². The van der Waals surface area contributed by atoms with Gasteiger partial charge in [-0.05, 0) is 55.7 Å². The van der Waals surface area contributed by atoms with Crippen molar-refractivity contribution in [3.8, 4) is 11.6 Å². The average Bonchev–Trinajstić information content (AvgIpc) is 2.27. The number of anilines is 1. The van der Waals surface area contributed by atoms with Crippen LogP contribution in [0, 0.1) is 20.8 Å². The summed E-state index contributed by atoms with van der Waals surface area (Å²) in [5.74, 6) is 1.22. The SMILES string of the molecule is Cc1cnc(Oc2ccc(C)c(C)c2)c(N)c1. The van der Waals surface area contributed by atoms with Crippen molar-refractivity contribution in [2.24, 2.45) is 0 Å². The first kappa shape index (κ1) is 11.5. The number of nitrogen functional groups attached to an aromatic ring is 1. The lowest BCUT2D eigenvalue weighted by atomic mass is 10.1. The van der Waals surface area contributed by atoms with E-state index in [0.717, 1.165) is 11.3 Å². The summed E-state index contributed by atoms with van der Waals surface area (Å²) in [6, 6.07) is 7.78. The van der Waals surface area contributed by atoms with E-state index in [9.17, 15) is 0 Å². The van der Waals surface area contributed by atoms with E-state index in [0.29, 0.717) is 11.6 Å². The molecule has 0 saturated carbocycles. The third kappa shape index (κ3) is 2.56. The van der Waals surface area contributed by atoms with Crippen LogP contribution in [0.3, 0.4) is 0 Å². The van der Waals surface area contributed by atoms with Crippen LogP contribution >= 0.6 is 0 Å². The van der Waals surface area contributed by atoms with E-state index in [-0.39, 0.29) is 0 Å². The molecule has 0 aliphatic carbocycles. The van der Waals surface area contributed by atoms with Crippen LogP contribution in [0.25, 0.3) is 0 Å². The molecule has 2 aromatic rings. The lowest BCUT2D eigenvalue weighted by molar-refractivity contribution is 0.465. The zero-order valence-corrected chi connectivity index (χ0v) is 10.3. The first-order chi connectivity index (χ1) is 8.06. The molecular weight excluding hydrogens is 212 g/mol. The van der Waals surface area contributed by atoms with E-state index in [4.69, 9.17) is 10.5 Å². The Kier molecular flexibility index (Phi) is 3.00. The fourth-order valence-electron chi connectivity index (χ4n) is 1.55. The lowest BCUT2D eigenvalue weighted by Gasteiger charge is -2.09. The fourth-order valence-corrected chi connectivity index (χ4v) is 1.55. The van der Waals surface area contributed by atoms with Gasteiger partial charge in [-0.3, -0.25) is 0 Å². The average molecular weight is 228 g/mol. The molecule has 0 radical (unpaired) electrons. The summed E-state index contributed by atoms with van der Waals surface area (Å²) < 4.78 is 5.66. The van der Waals surface area contributed by atoms with Crippen molar-refractivity contribution in [2.75, 3.05) is 5.73 Å². The second kappa shape index (κ2) is 4.45.